The SMILES string of the molecule is CC[S+](CC)CC(=O)OCCOC(=O)C(C)C. The van der Waals surface area contributed by atoms with E-state index in [0.29, 0.717) is 5.75 Å². The zero-order valence-corrected chi connectivity index (χ0v) is 12.0. The van der Waals surface area contributed by atoms with Gasteiger partial charge in [0.25, 0.3) is 0 Å². The summed E-state index contributed by atoms with van der Waals surface area (Å²) in [6.45, 7) is 7.98. The summed E-state index contributed by atoms with van der Waals surface area (Å²) in [5, 5.41) is 0. The number of carbonyl (C=O) groups excluding carboxylic acids is 2. The number of ether oxygens (including phenoxy) is 2. The molecule has 0 aromatic carbocycles. The molecule has 0 bridgehead atoms. The highest BCUT2D eigenvalue weighted by Crippen LogP contribution is 1.98. The monoisotopic (exact) mass is 263 g/mol. The third-order valence-electron chi connectivity index (χ3n) is 2.20. The summed E-state index contributed by atoms with van der Waals surface area (Å²) in [4.78, 5) is 22.5. The average molecular weight is 263 g/mol. The molecule has 17 heavy (non-hydrogen) atoms. The first-order valence-electron chi connectivity index (χ1n) is 5.97. The number of esters is 2. The Kier molecular flexibility index (Phi) is 8.94. The van der Waals surface area contributed by atoms with Crippen LogP contribution in [-0.4, -0.2) is 42.4 Å². The molecule has 0 unspecified atom stereocenters. The van der Waals surface area contributed by atoms with E-state index in [1.807, 2.05) is 0 Å². The molecule has 0 fully saturated rings. The fourth-order valence-corrected chi connectivity index (χ4v) is 2.31. The van der Waals surface area contributed by atoms with Crippen molar-refractivity contribution in [3.8, 4) is 0 Å². The number of rotatable bonds is 8. The van der Waals surface area contributed by atoms with Crippen LogP contribution in [-0.2, 0) is 30.0 Å². The topological polar surface area (TPSA) is 52.6 Å². The van der Waals surface area contributed by atoms with Crippen LogP contribution >= 0.6 is 0 Å². The van der Waals surface area contributed by atoms with Crippen LogP contribution in [0.5, 0.6) is 0 Å². The van der Waals surface area contributed by atoms with Gasteiger partial charge in [-0.2, -0.15) is 0 Å². The lowest BCUT2D eigenvalue weighted by molar-refractivity contribution is -0.153. The maximum atomic E-state index is 11.4. The Morgan fingerprint density at radius 1 is 1.06 bits per heavy atom. The lowest BCUT2D eigenvalue weighted by Crippen LogP contribution is -2.24. The second-order valence-electron chi connectivity index (χ2n) is 3.88. The molecule has 0 aliphatic heterocycles. The van der Waals surface area contributed by atoms with Crippen LogP contribution in [0.1, 0.15) is 27.7 Å². The van der Waals surface area contributed by atoms with Gasteiger partial charge in [0.1, 0.15) is 24.7 Å². The van der Waals surface area contributed by atoms with Gasteiger partial charge in [0.2, 0.25) is 5.75 Å². The van der Waals surface area contributed by atoms with E-state index in [0.717, 1.165) is 11.5 Å². The minimum atomic E-state index is -0.261. The summed E-state index contributed by atoms with van der Waals surface area (Å²) < 4.78 is 9.89. The second kappa shape index (κ2) is 9.33. The van der Waals surface area contributed by atoms with Crippen molar-refractivity contribution in [3.63, 3.8) is 0 Å². The molecule has 5 heteroatoms. The molecule has 0 aliphatic carbocycles. The number of hydrogen-bond acceptors (Lipinski definition) is 4. The van der Waals surface area contributed by atoms with Crippen molar-refractivity contribution in [3.05, 3.63) is 0 Å². The fraction of sp³-hybridized carbons (Fsp3) is 0.833. The first-order valence-corrected chi connectivity index (χ1v) is 7.70. The van der Waals surface area contributed by atoms with Gasteiger partial charge in [0, 0.05) is 0 Å². The maximum Gasteiger partial charge on any atom is 0.356 e. The molecule has 0 saturated carbocycles. The minimum Gasteiger partial charge on any atom is -0.462 e. The van der Waals surface area contributed by atoms with Gasteiger partial charge in [-0.05, 0) is 24.7 Å². The van der Waals surface area contributed by atoms with Crippen LogP contribution in [0.25, 0.3) is 0 Å². The largest absolute Gasteiger partial charge is 0.462 e. The molecule has 0 atom stereocenters. The predicted octanol–water partition coefficient (Wildman–Crippen LogP) is 1.39. The predicted molar refractivity (Wildman–Crippen MR) is 70.1 cm³/mol. The third kappa shape index (κ3) is 8.07. The highest BCUT2D eigenvalue weighted by Gasteiger charge is 2.19. The van der Waals surface area contributed by atoms with Gasteiger partial charge in [-0.3, -0.25) is 4.79 Å². The molecule has 0 rings (SSSR count). The molecule has 0 radical (unpaired) electrons. The Hall–Kier alpha value is -0.710. The van der Waals surface area contributed by atoms with Gasteiger partial charge in [-0.25, -0.2) is 4.79 Å². The number of hydrogen-bond donors (Lipinski definition) is 0. The van der Waals surface area contributed by atoms with E-state index in [1.54, 1.807) is 13.8 Å². The second-order valence-corrected chi connectivity index (χ2v) is 6.54. The average Bonchev–Trinajstić information content (AvgIpc) is 2.31. The summed E-state index contributed by atoms with van der Waals surface area (Å²) in [5.74, 6) is 1.89. The molecule has 0 aromatic heterocycles. The Balaban J connectivity index is 3.61. The Labute approximate surface area is 106 Å². The number of carbonyl (C=O) groups is 2. The molecular formula is C12H23O4S+. The Morgan fingerprint density at radius 3 is 2.06 bits per heavy atom. The summed E-state index contributed by atoms with van der Waals surface area (Å²) in [7, 11) is 0.128. The van der Waals surface area contributed by atoms with Crippen molar-refractivity contribution in [1.82, 2.24) is 0 Å². The lowest BCUT2D eigenvalue weighted by atomic mass is 10.2. The smallest absolute Gasteiger partial charge is 0.356 e. The lowest BCUT2D eigenvalue weighted by Gasteiger charge is -2.08. The molecule has 0 amide bonds. The molecule has 0 heterocycles. The zero-order valence-electron chi connectivity index (χ0n) is 11.2. The van der Waals surface area contributed by atoms with Crippen molar-refractivity contribution >= 4 is 22.8 Å². The molecule has 0 N–H and O–H groups in total. The molecule has 0 saturated heterocycles. The quantitative estimate of drug-likeness (QED) is 0.377. The van der Waals surface area contributed by atoms with E-state index < -0.39 is 0 Å². The van der Waals surface area contributed by atoms with Crippen LogP contribution in [0.4, 0.5) is 0 Å². The molecule has 0 aliphatic rings. The van der Waals surface area contributed by atoms with Gasteiger partial charge in [-0.1, -0.05) is 13.8 Å². The van der Waals surface area contributed by atoms with Gasteiger partial charge < -0.3 is 9.47 Å². The standard InChI is InChI=1S/C12H23O4S/c1-5-17(6-2)9-11(13)15-7-8-16-12(14)10(3)4/h10H,5-9H2,1-4H3/q+1. The normalized spacial score (nSPS) is 10.7. The van der Waals surface area contributed by atoms with E-state index >= 15 is 0 Å². The molecule has 4 nitrogen and oxygen atoms in total. The van der Waals surface area contributed by atoms with Gasteiger partial charge in [-0.15, -0.1) is 0 Å². The van der Waals surface area contributed by atoms with Crippen molar-refractivity contribution < 1.29 is 19.1 Å². The van der Waals surface area contributed by atoms with Crippen LogP contribution in [0.15, 0.2) is 0 Å². The van der Waals surface area contributed by atoms with Crippen LogP contribution < -0.4 is 0 Å². The van der Waals surface area contributed by atoms with Crippen molar-refractivity contribution in [2.24, 2.45) is 5.92 Å². The first-order chi connectivity index (χ1) is 8.01. The van der Waals surface area contributed by atoms with Crippen molar-refractivity contribution in [2.45, 2.75) is 27.7 Å². The third-order valence-corrected chi connectivity index (χ3v) is 4.48. The molecule has 0 aromatic rings. The fourth-order valence-electron chi connectivity index (χ4n) is 1.08. The van der Waals surface area contributed by atoms with E-state index in [2.05, 4.69) is 13.8 Å². The summed E-state index contributed by atoms with van der Waals surface area (Å²) in [5.41, 5.74) is 0. The minimum absolute atomic E-state index is 0.128. The van der Waals surface area contributed by atoms with Gasteiger partial charge in [0.05, 0.1) is 5.92 Å². The highest BCUT2D eigenvalue weighted by atomic mass is 32.2. The maximum absolute atomic E-state index is 11.4. The Bertz CT molecular complexity index is 237. The van der Waals surface area contributed by atoms with Gasteiger partial charge in [0.15, 0.2) is 0 Å². The van der Waals surface area contributed by atoms with Crippen LogP contribution in [0, 0.1) is 5.92 Å². The molecular weight excluding hydrogens is 240 g/mol. The summed E-state index contributed by atoms with van der Waals surface area (Å²) in [6.07, 6.45) is 0. The zero-order chi connectivity index (χ0) is 13.3. The van der Waals surface area contributed by atoms with Gasteiger partial charge >= 0.3 is 11.9 Å². The first kappa shape index (κ1) is 16.3. The van der Waals surface area contributed by atoms with Crippen molar-refractivity contribution in [2.75, 3.05) is 30.5 Å². The van der Waals surface area contributed by atoms with Crippen LogP contribution in [0.3, 0.4) is 0 Å². The van der Waals surface area contributed by atoms with Crippen LogP contribution in [0.2, 0.25) is 0 Å². The summed E-state index contributed by atoms with van der Waals surface area (Å²) in [6, 6.07) is 0. The van der Waals surface area contributed by atoms with Crippen molar-refractivity contribution in [1.29, 1.82) is 0 Å². The van der Waals surface area contributed by atoms with E-state index in [4.69, 9.17) is 9.47 Å². The molecule has 0 spiro atoms. The highest BCUT2D eigenvalue weighted by molar-refractivity contribution is 7.97. The summed E-state index contributed by atoms with van der Waals surface area (Å²) >= 11 is 0. The Morgan fingerprint density at radius 2 is 1.59 bits per heavy atom. The van der Waals surface area contributed by atoms with E-state index in [1.165, 1.54) is 0 Å². The van der Waals surface area contributed by atoms with E-state index in [9.17, 15) is 9.59 Å². The van der Waals surface area contributed by atoms with E-state index in [-0.39, 0.29) is 42.0 Å². The molecule has 100 valence electrons.